The van der Waals surface area contributed by atoms with Crippen LogP contribution >= 0.6 is 0 Å². The van der Waals surface area contributed by atoms with E-state index in [1.807, 2.05) is 24.3 Å². The first-order chi connectivity index (χ1) is 17.7. The summed E-state index contributed by atoms with van der Waals surface area (Å²) in [5.41, 5.74) is 3.54. The van der Waals surface area contributed by atoms with Gasteiger partial charge in [0.25, 0.3) is 11.6 Å². The first-order valence-corrected chi connectivity index (χ1v) is 11.6. The molecule has 1 aromatic heterocycles. The Labute approximate surface area is 219 Å². The van der Waals surface area contributed by atoms with Crippen molar-refractivity contribution in [3.63, 3.8) is 0 Å². The average molecular weight is 526 g/mol. The van der Waals surface area contributed by atoms with Crippen molar-refractivity contribution >= 4 is 23.3 Å². The standard InChI is InChI=1S/C24H25N5O6.C2H6O/c1-13(25-26-22(31)15-8-11-17(23(32)33)18(12-15)29(34)35)19-21(30)20(28(5)27-19)14-6-9-16(10-7-14)24(2,3)4;1-2-3/h6-12,30H,1-5H3,(H,26,31)(H,32,33);3H,2H2,1H3. The largest absolute Gasteiger partial charge is 0.504 e. The molecule has 2 aromatic carbocycles. The Balaban J connectivity index is 0.00000161. The van der Waals surface area contributed by atoms with Crippen molar-refractivity contribution in [3.8, 4) is 17.0 Å². The molecule has 0 saturated heterocycles. The van der Waals surface area contributed by atoms with E-state index < -0.39 is 28.1 Å². The lowest BCUT2D eigenvalue weighted by atomic mass is 9.86. The van der Waals surface area contributed by atoms with Crippen molar-refractivity contribution in [2.75, 3.05) is 6.61 Å². The number of nitro groups is 1. The number of carbonyl (C=O) groups is 2. The van der Waals surface area contributed by atoms with Crippen LogP contribution in [0.4, 0.5) is 5.69 Å². The third kappa shape index (κ3) is 6.79. The molecule has 4 N–H and O–H groups in total. The zero-order chi connectivity index (χ0) is 28.8. The van der Waals surface area contributed by atoms with E-state index in [9.17, 15) is 24.8 Å². The Morgan fingerprint density at radius 2 is 1.74 bits per heavy atom. The molecule has 0 atom stereocenters. The first-order valence-electron chi connectivity index (χ1n) is 11.6. The van der Waals surface area contributed by atoms with Gasteiger partial charge in [0.2, 0.25) is 0 Å². The lowest BCUT2D eigenvalue weighted by Crippen LogP contribution is -2.20. The van der Waals surface area contributed by atoms with E-state index in [1.54, 1.807) is 14.0 Å². The predicted octanol–water partition coefficient (Wildman–Crippen LogP) is 3.85. The molecule has 202 valence electrons. The topological polar surface area (TPSA) is 180 Å². The van der Waals surface area contributed by atoms with Crippen LogP contribution < -0.4 is 5.43 Å². The number of carboxylic acids is 1. The normalized spacial score (nSPS) is 11.4. The number of aromatic hydroxyl groups is 1. The number of nitrogens with one attached hydrogen (secondary N) is 1. The lowest BCUT2D eigenvalue weighted by molar-refractivity contribution is -0.385. The van der Waals surface area contributed by atoms with E-state index in [0.29, 0.717) is 5.69 Å². The number of hydrogen-bond donors (Lipinski definition) is 4. The molecule has 0 spiro atoms. The summed E-state index contributed by atoms with van der Waals surface area (Å²) in [6.45, 7) is 9.78. The van der Waals surface area contributed by atoms with Crippen LogP contribution in [0.5, 0.6) is 5.75 Å². The number of nitro benzene ring substituents is 1. The second-order valence-corrected chi connectivity index (χ2v) is 9.25. The fourth-order valence-electron chi connectivity index (χ4n) is 3.47. The van der Waals surface area contributed by atoms with E-state index in [0.717, 1.165) is 29.3 Å². The van der Waals surface area contributed by atoms with Gasteiger partial charge in [0, 0.05) is 30.8 Å². The van der Waals surface area contributed by atoms with Gasteiger partial charge < -0.3 is 15.3 Å². The minimum Gasteiger partial charge on any atom is -0.504 e. The number of carboxylic acid groups (broad SMARTS) is 1. The minimum atomic E-state index is -1.48. The van der Waals surface area contributed by atoms with Crippen molar-refractivity contribution in [1.82, 2.24) is 15.2 Å². The summed E-state index contributed by atoms with van der Waals surface area (Å²) in [5, 5.41) is 46.9. The number of hydrazone groups is 1. The van der Waals surface area contributed by atoms with Crippen LogP contribution in [0.25, 0.3) is 11.3 Å². The number of benzene rings is 2. The van der Waals surface area contributed by atoms with Gasteiger partial charge in [-0.15, -0.1) is 0 Å². The number of aliphatic hydroxyl groups is 1. The maximum Gasteiger partial charge on any atom is 0.342 e. The van der Waals surface area contributed by atoms with E-state index in [2.05, 4.69) is 36.4 Å². The van der Waals surface area contributed by atoms with Gasteiger partial charge >= 0.3 is 5.97 Å². The summed E-state index contributed by atoms with van der Waals surface area (Å²) in [7, 11) is 1.67. The second kappa shape index (κ2) is 12.1. The number of amides is 1. The van der Waals surface area contributed by atoms with Gasteiger partial charge in [0.05, 0.1) is 10.6 Å². The Kier molecular flexibility index (Phi) is 9.44. The van der Waals surface area contributed by atoms with Crippen molar-refractivity contribution in [2.24, 2.45) is 12.1 Å². The van der Waals surface area contributed by atoms with Crippen LogP contribution in [0.3, 0.4) is 0 Å². The summed E-state index contributed by atoms with van der Waals surface area (Å²) in [6, 6.07) is 10.7. The lowest BCUT2D eigenvalue weighted by Gasteiger charge is -2.19. The molecule has 0 aliphatic rings. The quantitative estimate of drug-likeness (QED) is 0.213. The molecule has 0 aliphatic carbocycles. The smallest absolute Gasteiger partial charge is 0.342 e. The Morgan fingerprint density at radius 1 is 1.16 bits per heavy atom. The molecule has 12 heteroatoms. The SMILES string of the molecule is CC(=NNC(=O)c1ccc(C(=O)O)c([N+](=O)[O-])c1)c1nn(C)c(-c2ccc(C(C)(C)C)cc2)c1O.CCO. The van der Waals surface area contributed by atoms with E-state index in [-0.39, 0.29) is 34.7 Å². The van der Waals surface area contributed by atoms with Crippen molar-refractivity contribution in [3.05, 3.63) is 75.0 Å². The molecule has 0 aliphatic heterocycles. The van der Waals surface area contributed by atoms with Crippen LogP contribution in [-0.4, -0.2) is 54.2 Å². The van der Waals surface area contributed by atoms with Crippen LogP contribution in [-0.2, 0) is 12.5 Å². The van der Waals surface area contributed by atoms with Crippen molar-refractivity contribution < 1.29 is 29.8 Å². The molecular weight excluding hydrogens is 494 g/mol. The van der Waals surface area contributed by atoms with Gasteiger partial charge in [-0.25, -0.2) is 10.2 Å². The minimum absolute atomic E-state index is 0.0198. The summed E-state index contributed by atoms with van der Waals surface area (Å²) in [5.74, 6) is -2.39. The fraction of sp³-hybridized carbons (Fsp3) is 0.308. The average Bonchev–Trinajstić information content (AvgIpc) is 3.15. The third-order valence-electron chi connectivity index (χ3n) is 5.40. The number of rotatable bonds is 6. The molecule has 38 heavy (non-hydrogen) atoms. The maximum atomic E-state index is 12.5. The summed E-state index contributed by atoms with van der Waals surface area (Å²) in [4.78, 5) is 33.9. The van der Waals surface area contributed by atoms with Crippen molar-refractivity contribution in [1.29, 1.82) is 0 Å². The molecule has 3 aromatic rings. The highest BCUT2D eigenvalue weighted by Crippen LogP contribution is 2.33. The predicted molar refractivity (Wildman–Crippen MR) is 142 cm³/mol. The highest BCUT2D eigenvalue weighted by molar-refractivity contribution is 6.03. The van der Waals surface area contributed by atoms with E-state index in [4.69, 9.17) is 10.2 Å². The van der Waals surface area contributed by atoms with Gasteiger partial charge in [-0.05, 0) is 37.0 Å². The summed E-state index contributed by atoms with van der Waals surface area (Å²) < 4.78 is 1.51. The Hall–Kier alpha value is -4.58. The zero-order valence-corrected chi connectivity index (χ0v) is 22.0. The monoisotopic (exact) mass is 525 g/mol. The Morgan fingerprint density at radius 3 is 2.24 bits per heavy atom. The van der Waals surface area contributed by atoms with Crippen molar-refractivity contribution in [2.45, 2.75) is 40.0 Å². The van der Waals surface area contributed by atoms with Crippen LogP contribution in [0.1, 0.15) is 66.6 Å². The molecular formula is C26H31N5O7. The molecule has 1 amide bonds. The number of aromatic carboxylic acids is 1. The maximum absolute atomic E-state index is 12.5. The number of aryl methyl sites for hydroxylation is 1. The van der Waals surface area contributed by atoms with Gasteiger partial charge in [0.1, 0.15) is 11.3 Å². The summed E-state index contributed by atoms with van der Waals surface area (Å²) in [6.07, 6.45) is 0. The molecule has 12 nitrogen and oxygen atoms in total. The highest BCUT2D eigenvalue weighted by atomic mass is 16.6. The van der Waals surface area contributed by atoms with Crippen LogP contribution in [0, 0.1) is 10.1 Å². The highest BCUT2D eigenvalue weighted by Gasteiger charge is 2.23. The van der Waals surface area contributed by atoms with E-state index >= 15 is 0 Å². The zero-order valence-electron chi connectivity index (χ0n) is 22.0. The number of carbonyl (C=O) groups excluding carboxylic acids is 1. The third-order valence-corrected chi connectivity index (χ3v) is 5.40. The molecule has 3 rings (SSSR count). The number of aliphatic hydroxyl groups excluding tert-OH is 1. The number of nitrogens with zero attached hydrogens (tertiary/aromatic N) is 4. The fourth-order valence-corrected chi connectivity index (χ4v) is 3.47. The molecule has 0 fully saturated rings. The first kappa shape index (κ1) is 29.6. The van der Waals surface area contributed by atoms with Crippen LogP contribution in [0.2, 0.25) is 0 Å². The second-order valence-electron chi connectivity index (χ2n) is 9.25. The van der Waals surface area contributed by atoms with Gasteiger partial charge in [-0.2, -0.15) is 10.2 Å². The molecule has 0 saturated carbocycles. The number of hydrogen-bond acceptors (Lipinski definition) is 8. The molecule has 0 radical (unpaired) electrons. The summed E-state index contributed by atoms with van der Waals surface area (Å²) >= 11 is 0. The number of aromatic nitrogens is 2. The molecule has 0 bridgehead atoms. The molecule has 0 unspecified atom stereocenters. The van der Waals surface area contributed by atoms with Gasteiger partial charge in [-0.3, -0.25) is 19.6 Å². The molecule has 1 heterocycles. The van der Waals surface area contributed by atoms with E-state index in [1.165, 1.54) is 11.6 Å². The van der Waals surface area contributed by atoms with Crippen LogP contribution in [0.15, 0.2) is 47.6 Å². The van der Waals surface area contributed by atoms with Gasteiger partial charge in [0.15, 0.2) is 11.4 Å². The van der Waals surface area contributed by atoms with Gasteiger partial charge in [-0.1, -0.05) is 45.0 Å². The Bertz CT molecular complexity index is 1370.